The summed E-state index contributed by atoms with van der Waals surface area (Å²) in [5, 5.41) is 2.83. The molecule has 9 heteroatoms. The fourth-order valence-electron chi connectivity index (χ4n) is 4.05. The monoisotopic (exact) mass is 438 g/mol. The van der Waals surface area contributed by atoms with E-state index in [-0.39, 0.29) is 37.0 Å². The number of aromatic nitrogens is 1. The summed E-state index contributed by atoms with van der Waals surface area (Å²) in [7, 11) is 1.81. The van der Waals surface area contributed by atoms with E-state index >= 15 is 0 Å². The van der Waals surface area contributed by atoms with Crippen LogP contribution in [0.25, 0.3) is 0 Å². The number of carbonyl (C=O) groups excluding carboxylic acids is 3. The fourth-order valence-corrected chi connectivity index (χ4v) is 4.05. The molecule has 2 aromatic rings. The van der Waals surface area contributed by atoms with Crippen LogP contribution in [0.5, 0.6) is 11.5 Å². The molecule has 1 N–H and O–H groups in total. The van der Waals surface area contributed by atoms with E-state index in [4.69, 9.17) is 9.47 Å². The first-order valence-corrected chi connectivity index (χ1v) is 10.6. The van der Waals surface area contributed by atoms with E-state index in [9.17, 15) is 14.4 Å². The maximum absolute atomic E-state index is 12.7. The molecule has 32 heavy (non-hydrogen) atoms. The van der Waals surface area contributed by atoms with E-state index in [1.54, 1.807) is 41.6 Å². The number of rotatable bonds is 6. The van der Waals surface area contributed by atoms with Crippen LogP contribution in [-0.4, -0.2) is 71.9 Å². The second-order valence-electron chi connectivity index (χ2n) is 8.02. The van der Waals surface area contributed by atoms with Gasteiger partial charge in [-0.1, -0.05) is 0 Å². The quantitative estimate of drug-likeness (QED) is 0.690. The fraction of sp³-hybridized carbons (Fsp3) is 0.391. The minimum atomic E-state index is -0.204. The first-order chi connectivity index (χ1) is 15.4. The van der Waals surface area contributed by atoms with Crippen LogP contribution >= 0.6 is 0 Å². The van der Waals surface area contributed by atoms with Gasteiger partial charge in [-0.15, -0.1) is 0 Å². The highest BCUT2D eigenvalue weighted by molar-refractivity contribution is 6.05. The minimum absolute atomic E-state index is 0.0473. The third-order valence-electron chi connectivity index (χ3n) is 5.87. The summed E-state index contributed by atoms with van der Waals surface area (Å²) >= 11 is 0. The molecule has 0 bridgehead atoms. The molecule has 1 aromatic carbocycles. The Morgan fingerprint density at radius 2 is 1.91 bits per heavy atom. The number of hydrogen-bond acceptors (Lipinski definition) is 7. The highest BCUT2D eigenvalue weighted by Crippen LogP contribution is 2.37. The normalized spacial score (nSPS) is 15.9. The molecule has 1 aromatic heterocycles. The molecule has 9 nitrogen and oxygen atoms in total. The maximum Gasteiger partial charge on any atom is 0.255 e. The maximum atomic E-state index is 12.7. The number of amides is 2. The average Bonchev–Trinajstić information content (AvgIpc) is 3.26. The standard InChI is InChI=1S/C23H26N4O5/c1-15(28)18-10-20-21(32-14-31-20)11-19(18)25-22(29)13-27-8-5-17(6-9-27)26(2)23(30)16-4-3-7-24-12-16/h3-4,7,10-12,17H,5-6,8-9,13-14H2,1-2H3,(H,25,29). The first-order valence-electron chi connectivity index (χ1n) is 10.6. The molecular weight excluding hydrogens is 412 g/mol. The number of nitrogens with zero attached hydrogens (tertiary/aromatic N) is 3. The number of nitrogens with one attached hydrogen (secondary N) is 1. The van der Waals surface area contributed by atoms with Crippen LogP contribution < -0.4 is 14.8 Å². The van der Waals surface area contributed by atoms with Crippen molar-refractivity contribution < 1.29 is 23.9 Å². The van der Waals surface area contributed by atoms with Gasteiger partial charge in [0, 0.05) is 50.2 Å². The lowest BCUT2D eigenvalue weighted by atomic mass is 10.0. The van der Waals surface area contributed by atoms with Gasteiger partial charge in [0.25, 0.3) is 5.91 Å². The van der Waals surface area contributed by atoms with Crippen LogP contribution in [0.1, 0.15) is 40.5 Å². The average molecular weight is 438 g/mol. The van der Waals surface area contributed by atoms with Gasteiger partial charge in [-0.3, -0.25) is 24.3 Å². The molecule has 2 aliphatic rings. The Kier molecular flexibility index (Phi) is 6.36. The second-order valence-corrected chi connectivity index (χ2v) is 8.02. The Balaban J connectivity index is 1.32. The molecule has 4 rings (SSSR count). The second kappa shape index (κ2) is 9.35. The number of Topliss-reactive ketones (excluding diaryl/α,β-unsaturated/α-hetero) is 1. The van der Waals surface area contributed by atoms with Crippen molar-refractivity contribution in [3.63, 3.8) is 0 Å². The van der Waals surface area contributed by atoms with Crippen molar-refractivity contribution in [2.45, 2.75) is 25.8 Å². The lowest BCUT2D eigenvalue weighted by Gasteiger charge is -2.36. The number of pyridine rings is 1. The number of piperidine rings is 1. The van der Waals surface area contributed by atoms with Gasteiger partial charge in [-0.2, -0.15) is 0 Å². The van der Waals surface area contributed by atoms with Gasteiger partial charge >= 0.3 is 0 Å². The number of ether oxygens (including phenoxy) is 2. The molecule has 0 atom stereocenters. The Labute approximate surface area is 186 Å². The van der Waals surface area contributed by atoms with Crippen molar-refractivity contribution in [1.29, 1.82) is 0 Å². The van der Waals surface area contributed by atoms with Gasteiger partial charge in [-0.25, -0.2) is 0 Å². The molecule has 1 fully saturated rings. The topological polar surface area (TPSA) is 101 Å². The minimum Gasteiger partial charge on any atom is -0.454 e. The van der Waals surface area contributed by atoms with Gasteiger partial charge in [-0.05, 0) is 38.0 Å². The van der Waals surface area contributed by atoms with Crippen LogP contribution in [0.2, 0.25) is 0 Å². The predicted molar refractivity (Wildman–Crippen MR) is 117 cm³/mol. The van der Waals surface area contributed by atoms with Crippen molar-refractivity contribution in [2.24, 2.45) is 0 Å². The zero-order valence-corrected chi connectivity index (χ0v) is 18.2. The van der Waals surface area contributed by atoms with Crippen LogP contribution in [0, 0.1) is 0 Å². The van der Waals surface area contributed by atoms with E-state index in [2.05, 4.69) is 15.2 Å². The molecule has 0 aliphatic carbocycles. The van der Waals surface area contributed by atoms with E-state index in [0.29, 0.717) is 41.4 Å². The Bertz CT molecular complexity index is 1020. The summed E-state index contributed by atoms with van der Waals surface area (Å²) in [6, 6.07) is 6.85. The molecule has 0 unspecified atom stereocenters. The molecule has 0 saturated carbocycles. The Morgan fingerprint density at radius 3 is 2.56 bits per heavy atom. The zero-order valence-electron chi connectivity index (χ0n) is 18.2. The molecule has 2 amide bonds. The molecular formula is C23H26N4O5. The summed E-state index contributed by atoms with van der Waals surface area (Å²) in [4.78, 5) is 45.1. The third kappa shape index (κ3) is 4.72. The third-order valence-corrected chi connectivity index (χ3v) is 5.87. The summed E-state index contributed by atoms with van der Waals surface area (Å²) in [5.41, 5.74) is 1.38. The Hall–Kier alpha value is -3.46. The van der Waals surface area contributed by atoms with Gasteiger partial charge in [0.1, 0.15) is 0 Å². The molecule has 0 spiro atoms. The molecule has 1 saturated heterocycles. The van der Waals surface area contributed by atoms with Crippen LogP contribution in [-0.2, 0) is 4.79 Å². The number of likely N-dealkylation sites (tertiary alicyclic amines) is 1. The largest absolute Gasteiger partial charge is 0.454 e. The van der Waals surface area contributed by atoms with Gasteiger partial charge in [0.05, 0.1) is 17.8 Å². The lowest BCUT2D eigenvalue weighted by Crippen LogP contribution is -2.47. The van der Waals surface area contributed by atoms with Crippen molar-refractivity contribution in [3.05, 3.63) is 47.8 Å². The lowest BCUT2D eigenvalue weighted by molar-refractivity contribution is -0.117. The highest BCUT2D eigenvalue weighted by atomic mass is 16.7. The van der Waals surface area contributed by atoms with Gasteiger partial charge in [0.2, 0.25) is 12.7 Å². The number of fused-ring (bicyclic) bond motifs is 1. The Morgan fingerprint density at radius 1 is 1.19 bits per heavy atom. The van der Waals surface area contributed by atoms with Crippen molar-refractivity contribution in [1.82, 2.24) is 14.8 Å². The summed E-state index contributed by atoms with van der Waals surface area (Å²) < 4.78 is 10.7. The van der Waals surface area contributed by atoms with Crippen LogP contribution in [0.4, 0.5) is 5.69 Å². The van der Waals surface area contributed by atoms with Crippen LogP contribution in [0.15, 0.2) is 36.7 Å². The smallest absolute Gasteiger partial charge is 0.255 e. The number of carbonyl (C=O) groups is 3. The molecule has 3 heterocycles. The zero-order chi connectivity index (χ0) is 22.7. The number of ketones is 1. The van der Waals surface area contributed by atoms with Crippen LogP contribution in [0.3, 0.4) is 0 Å². The molecule has 0 radical (unpaired) electrons. The van der Waals surface area contributed by atoms with E-state index < -0.39 is 0 Å². The predicted octanol–water partition coefficient (Wildman–Crippen LogP) is 2.19. The molecule has 168 valence electrons. The number of anilines is 1. The van der Waals surface area contributed by atoms with Gasteiger partial charge < -0.3 is 19.7 Å². The highest BCUT2D eigenvalue weighted by Gasteiger charge is 2.27. The number of hydrogen-bond donors (Lipinski definition) is 1. The van der Waals surface area contributed by atoms with Crippen molar-refractivity contribution in [3.8, 4) is 11.5 Å². The summed E-state index contributed by atoms with van der Waals surface area (Å²) in [6.45, 7) is 3.14. The van der Waals surface area contributed by atoms with E-state index in [1.807, 2.05) is 7.05 Å². The van der Waals surface area contributed by atoms with Gasteiger partial charge in [0.15, 0.2) is 17.3 Å². The summed E-state index contributed by atoms with van der Waals surface area (Å²) in [5.74, 6) is 0.590. The molecule has 2 aliphatic heterocycles. The number of benzene rings is 1. The summed E-state index contributed by atoms with van der Waals surface area (Å²) in [6.07, 6.45) is 4.77. The van der Waals surface area contributed by atoms with E-state index in [1.165, 1.54) is 6.92 Å². The van der Waals surface area contributed by atoms with E-state index in [0.717, 1.165) is 12.8 Å². The van der Waals surface area contributed by atoms with Crippen molar-refractivity contribution in [2.75, 3.05) is 38.8 Å². The SMILES string of the molecule is CC(=O)c1cc2c(cc1NC(=O)CN1CCC(N(C)C(=O)c3cccnc3)CC1)OCO2. The first kappa shape index (κ1) is 21.8. The van der Waals surface area contributed by atoms with Crippen molar-refractivity contribution >= 4 is 23.3 Å².